The highest BCUT2D eigenvalue weighted by molar-refractivity contribution is 5.79. The van der Waals surface area contributed by atoms with Gasteiger partial charge in [-0.15, -0.1) is 0 Å². The van der Waals surface area contributed by atoms with E-state index in [2.05, 4.69) is 0 Å². The maximum Gasteiger partial charge on any atom is 0.261 e. The van der Waals surface area contributed by atoms with Gasteiger partial charge in [0.05, 0.1) is 17.4 Å². The maximum absolute atomic E-state index is 13.4. The minimum Gasteiger partial charge on any atom is -0.489 e. The van der Waals surface area contributed by atoms with Gasteiger partial charge < -0.3 is 4.74 Å². The molecule has 0 atom stereocenters. The lowest BCUT2D eigenvalue weighted by molar-refractivity contribution is 0.306. The Morgan fingerprint density at radius 2 is 1.31 bits per heavy atom. The van der Waals surface area contributed by atoms with Crippen molar-refractivity contribution in [1.29, 1.82) is 0 Å². The predicted octanol–water partition coefficient (Wildman–Crippen LogP) is 5.69. The fraction of sp³-hybridized carbons (Fsp3) is 0.0714. The minimum atomic E-state index is -0.0427. The Hall–Kier alpha value is -4.18. The zero-order valence-corrected chi connectivity index (χ0v) is 17.5. The second kappa shape index (κ2) is 8.90. The smallest absolute Gasteiger partial charge is 0.261 e. The number of rotatable bonds is 6. The van der Waals surface area contributed by atoms with Gasteiger partial charge in [-0.25, -0.2) is 4.98 Å². The van der Waals surface area contributed by atoms with Gasteiger partial charge in [0.25, 0.3) is 5.56 Å². The molecule has 4 aromatic carbocycles. The van der Waals surface area contributed by atoms with Gasteiger partial charge in [0, 0.05) is 5.56 Å². The van der Waals surface area contributed by atoms with E-state index in [-0.39, 0.29) is 5.56 Å². The molecule has 0 fully saturated rings. The summed E-state index contributed by atoms with van der Waals surface area (Å²) in [4.78, 5) is 18.2. The van der Waals surface area contributed by atoms with Gasteiger partial charge in [-0.1, -0.05) is 72.8 Å². The van der Waals surface area contributed by atoms with Gasteiger partial charge in [0.15, 0.2) is 0 Å². The molecule has 0 radical (unpaired) electrons. The Bertz CT molecular complexity index is 1390. The fourth-order valence-electron chi connectivity index (χ4n) is 3.74. The third-order valence-electron chi connectivity index (χ3n) is 5.41. The van der Waals surface area contributed by atoms with E-state index >= 15 is 0 Å². The topological polar surface area (TPSA) is 44.1 Å². The van der Waals surface area contributed by atoms with Gasteiger partial charge in [-0.2, -0.15) is 0 Å². The number of para-hydroxylation sites is 1. The highest BCUT2D eigenvalue weighted by Crippen LogP contribution is 2.23. The average Bonchev–Trinajstić information content (AvgIpc) is 2.86. The molecule has 4 nitrogen and oxygen atoms in total. The van der Waals surface area contributed by atoms with Crippen LogP contribution in [0.4, 0.5) is 0 Å². The van der Waals surface area contributed by atoms with E-state index in [1.807, 2.05) is 109 Å². The zero-order valence-electron chi connectivity index (χ0n) is 17.5. The monoisotopic (exact) mass is 418 g/mol. The van der Waals surface area contributed by atoms with Crippen LogP contribution < -0.4 is 10.3 Å². The molecule has 0 saturated heterocycles. The van der Waals surface area contributed by atoms with Crippen LogP contribution in [0.15, 0.2) is 114 Å². The lowest BCUT2D eigenvalue weighted by Gasteiger charge is -2.14. The number of benzene rings is 4. The second-order valence-corrected chi connectivity index (χ2v) is 7.63. The maximum atomic E-state index is 13.4. The third-order valence-corrected chi connectivity index (χ3v) is 5.41. The molecule has 32 heavy (non-hydrogen) atoms. The summed E-state index contributed by atoms with van der Waals surface area (Å²) in [5.41, 5.74) is 3.69. The van der Waals surface area contributed by atoms with Crippen molar-refractivity contribution < 1.29 is 4.74 Å². The summed E-state index contributed by atoms with van der Waals surface area (Å²) in [6, 6.07) is 35.3. The lowest BCUT2D eigenvalue weighted by atomic mass is 10.1. The molecule has 4 heteroatoms. The number of fused-ring (bicyclic) bond motifs is 1. The Kier molecular flexibility index (Phi) is 5.50. The first kappa shape index (κ1) is 19.8. The lowest BCUT2D eigenvalue weighted by Crippen LogP contribution is -2.24. The molecule has 1 heterocycles. The molecule has 0 amide bonds. The predicted molar refractivity (Wildman–Crippen MR) is 128 cm³/mol. The van der Waals surface area contributed by atoms with Gasteiger partial charge in [-0.05, 0) is 47.5 Å². The Balaban J connectivity index is 1.51. The van der Waals surface area contributed by atoms with Crippen molar-refractivity contribution in [2.24, 2.45) is 0 Å². The average molecular weight is 418 g/mol. The molecule has 5 rings (SSSR count). The molecule has 1 aromatic heterocycles. The Labute approximate surface area is 186 Å². The van der Waals surface area contributed by atoms with Crippen LogP contribution in [0.1, 0.15) is 11.1 Å². The summed E-state index contributed by atoms with van der Waals surface area (Å²) < 4.78 is 7.66. The molecule has 156 valence electrons. The molecule has 0 unspecified atom stereocenters. The number of aromatic nitrogens is 2. The second-order valence-electron chi connectivity index (χ2n) is 7.63. The van der Waals surface area contributed by atoms with Gasteiger partial charge in [-0.3, -0.25) is 9.36 Å². The van der Waals surface area contributed by atoms with E-state index in [9.17, 15) is 4.79 Å². The number of hydrogen-bond acceptors (Lipinski definition) is 3. The summed E-state index contributed by atoms with van der Waals surface area (Å²) in [5.74, 6) is 1.42. The Morgan fingerprint density at radius 3 is 2.03 bits per heavy atom. The molecule has 0 saturated carbocycles. The first-order valence-electron chi connectivity index (χ1n) is 10.6. The van der Waals surface area contributed by atoms with Gasteiger partial charge in [0.2, 0.25) is 0 Å². The van der Waals surface area contributed by atoms with Gasteiger partial charge in [0.1, 0.15) is 18.2 Å². The van der Waals surface area contributed by atoms with Crippen molar-refractivity contribution in [3.8, 4) is 17.1 Å². The molecule has 0 N–H and O–H groups in total. The van der Waals surface area contributed by atoms with Crippen molar-refractivity contribution in [2.75, 3.05) is 0 Å². The van der Waals surface area contributed by atoms with Crippen molar-refractivity contribution in [3.63, 3.8) is 0 Å². The van der Waals surface area contributed by atoms with E-state index in [0.717, 1.165) is 22.4 Å². The highest BCUT2D eigenvalue weighted by atomic mass is 16.5. The van der Waals surface area contributed by atoms with Crippen LogP contribution in [0.2, 0.25) is 0 Å². The molecule has 0 spiro atoms. The molecular formula is C28H22N2O2. The summed E-state index contributed by atoms with van der Waals surface area (Å²) in [6.07, 6.45) is 0. The molecule has 0 bridgehead atoms. The van der Waals surface area contributed by atoms with Crippen LogP contribution >= 0.6 is 0 Å². The van der Waals surface area contributed by atoms with Crippen molar-refractivity contribution in [3.05, 3.63) is 131 Å². The Morgan fingerprint density at radius 1 is 0.688 bits per heavy atom. The first-order chi connectivity index (χ1) is 15.8. The zero-order chi connectivity index (χ0) is 21.8. The van der Waals surface area contributed by atoms with Crippen LogP contribution in [-0.2, 0) is 13.2 Å². The van der Waals surface area contributed by atoms with Crippen LogP contribution in [0.5, 0.6) is 5.75 Å². The normalized spacial score (nSPS) is 10.9. The van der Waals surface area contributed by atoms with Gasteiger partial charge >= 0.3 is 0 Å². The van der Waals surface area contributed by atoms with Crippen LogP contribution in [0, 0.1) is 0 Å². The third kappa shape index (κ3) is 4.16. The van der Waals surface area contributed by atoms with E-state index < -0.39 is 0 Å². The van der Waals surface area contributed by atoms with Crippen molar-refractivity contribution in [2.45, 2.75) is 13.2 Å². The first-order valence-corrected chi connectivity index (χ1v) is 10.6. The largest absolute Gasteiger partial charge is 0.489 e. The highest BCUT2D eigenvalue weighted by Gasteiger charge is 2.13. The summed E-state index contributed by atoms with van der Waals surface area (Å²) in [6.45, 7) is 0.965. The fourth-order valence-corrected chi connectivity index (χ4v) is 3.74. The standard InChI is InChI=1S/C28H22N2O2/c31-28-25-13-7-8-14-26(25)29-27(30(28)19-21-9-3-1-4-10-21)23-15-17-24(18-16-23)32-20-22-11-5-2-6-12-22/h1-18H,19-20H2. The summed E-state index contributed by atoms with van der Waals surface area (Å²) in [5, 5.41) is 0.620. The quantitative estimate of drug-likeness (QED) is 0.356. The van der Waals surface area contributed by atoms with E-state index in [1.165, 1.54) is 0 Å². The number of hydrogen-bond donors (Lipinski definition) is 0. The van der Waals surface area contributed by atoms with Crippen molar-refractivity contribution >= 4 is 10.9 Å². The molecule has 0 aliphatic heterocycles. The summed E-state index contributed by atoms with van der Waals surface area (Å²) >= 11 is 0. The number of nitrogens with zero attached hydrogens (tertiary/aromatic N) is 2. The van der Waals surface area contributed by atoms with Crippen LogP contribution in [0.3, 0.4) is 0 Å². The summed E-state index contributed by atoms with van der Waals surface area (Å²) in [7, 11) is 0. The number of ether oxygens (including phenoxy) is 1. The minimum absolute atomic E-state index is 0.0427. The van der Waals surface area contributed by atoms with Crippen molar-refractivity contribution in [1.82, 2.24) is 9.55 Å². The molecule has 0 aliphatic rings. The molecule has 5 aromatic rings. The SMILES string of the molecule is O=c1c2ccccc2nc(-c2ccc(OCc3ccccc3)cc2)n1Cc1ccccc1. The van der Waals surface area contributed by atoms with Crippen LogP contribution in [0.25, 0.3) is 22.3 Å². The molecule has 0 aliphatic carbocycles. The molecular weight excluding hydrogens is 396 g/mol. The van der Waals surface area contributed by atoms with E-state index in [0.29, 0.717) is 29.9 Å². The van der Waals surface area contributed by atoms with Crippen LogP contribution in [-0.4, -0.2) is 9.55 Å². The van der Waals surface area contributed by atoms with E-state index in [4.69, 9.17) is 9.72 Å². The van der Waals surface area contributed by atoms with E-state index in [1.54, 1.807) is 4.57 Å².